The van der Waals surface area contributed by atoms with Crippen molar-refractivity contribution in [2.24, 2.45) is 5.41 Å². The van der Waals surface area contributed by atoms with Gasteiger partial charge in [-0.25, -0.2) is 0 Å². The predicted molar refractivity (Wildman–Crippen MR) is 93.0 cm³/mol. The van der Waals surface area contributed by atoms with Gasteiger partial charge in [-0.1, -0.05) is 56.8 Å². The summed E-state index contributed by atoms with van der Waals surface area (Å²) in [6, 6.07) is 9.01. The number of hydrogen-bond acceptors (Lipinski definition) is 1. The summed E-state index contributed by atoms with van der Waals surface area (Å²) in [6.07, 6.45) is 11.0. The molecule has 1 aromatic rings. The standard InChI is InChI=1S/C19H30ClN/c1-16(2)21-15-14-19(11-4-3-5-12-19)13-10-17-6-8-18(20)9-7-17/h6-9,16,21H,3-5,10-15H2,1-2H3. The molecule has 1 saturated carbocycles. The number of benzene rings is 1. The summed E-state index contributed by atoms with van der Waals surface area (Å²) in [4.78, 5) is 0. The number of hydrogen-bond donors (Lipinski definition) is 1. The van der Waals surface area contributed by atoms with Gasteiger partial charge in [0, 0.05) is 11.1 Å². The molecule has 1 aromatic carbocycles. The summed E-state index contributed by atoms with van der Waals surface area (Å²) >= 11 is 5.98. The van der Waals surface area contributed by atoms with Crippen LogP contribution in [0, 0.1) is 5.41 Å². The van der Waals surface area contributed by atoms with Crippen molar-refractivity contribution in [3.8, 4) is 0 Å². The number of halogens is 1. The highest BCUT2D eigenvalue weighted by atomic mass is 35.5. The van der Waals surface area contributed by atoms with Crippen LogP contribution in [0.25, 0.3) is 0 Å². The molecule has 0 atom stereocenters. The number of rotatable bonds is 7. The monoisotopic (exact) mass is 307 g/mol. The van der Waals surface area contributed by atoms with E-state index in [9.17, 15) is 0 Å². The number of nitrogens with one attached hydrogen (secondary N) is 1. The van der Waals surface area contributed by atoms with E-state index in [2.05, 4.69) is 31.3 Å². The SMILES string of the molecule is CC(C)NCCC1(CCc2ccc(Cl)cc2)CCCCC1. The minimum absolute atomic E-state index is 0.569. The molecule has 1 aliphatic carbocycles. The highest BCUT2D eigenvalue weighted by Gasteiger charge is 2.31. The van der Waals surface area contributed by atoms with Gasteiger partial charge in [-0.15, -0.1) is 0 Å². The first-order valence-electron chi connectivity index (χ1n) is 8.58. The van der Waals surface area contributed by atoms with E-state index in [1.54, 1.807) is 0 Å². The fourth-order valence-corrected chi connectivity index (χ4v) is 3.74. The third kappa shape index (κ3) is 5.64. The van der Waals surface area contributed by atoms with Crippen LogP contribution >= 0.6 is 11.6 Å². The summed E-state index contributed by atoms with van der Waals surface area (Å²) < 4.78 is 0. The van der Waals surface area contributed by atoms with Gasteiger partial charge < -0.3 is 5.32 Å². The second-order valence-electron chi connectivity index (χ2n) is 7.05. The lowest BCUT2D eigenvalue weighted by atomic mass is 9.68. The van der Waals surface area contributed by atoms with E-state index in [-0.39, 0.29) is 0 Å². The molecule has 1 fully saturated rings. The van der Waals surface area contributed by atoms with Crippen molar-refractivity contribution in [1.82, 2.24) is 5.32 Å². The van der Waals surface area contributed by atoms with E-state index in [4.69, 9.17) is 11.6 Å². The molecule has 0 unspecified atom stereocenters. The van der Waals surface area contributed by atoms with Crippen molar-refractivity contribution in [1.29, 1.82) is 0 Å². The lowest BCUT2D eigenvalue weighted by molar-refractivity contribution is 0.155. The maximum atomic E-state index is 5.98. The summed E-state index contributed by atoms with van der Waals surface area (Å²) in [5.41, 5.74) is 2.00. The van der Waals surface area contributed by atoms with Crippen molar-refractivity contribution < 1.29 is 0 Å². The van der Waals surface area contributed by atoms with Gasteiger partial charge in [0.1, 0.15) is 0 Å². The normalized spacial score (nSPS) is 18.1. The zero-order valence-corrected chi connectivity index (χ0v) is 14.4. The average Bonchev–Trinajstić information content (AvgIpc) is 2.47. The minimum atomic E-state index is 0.569. The van der Waals surface area contributed by atoms with Crippen molar-refractivity contribution in [2.75, 3.05) is 6.54 Å². The lowest BCUT2D eigenvalue weighted by Gasteiger charge is -2.38. The van der Waals surface area contributed by atoms with Gasteiger partial charge in [-0.05, 0) is 61.8 Å². The van der Waals surface area contributed by atoms with E-state index in [1.165, 1.54) is 56.9 Å². The molecule has 2 heteroatoms. The van der Waals surface area contributed by atoms with Crippen LogP contribution in [0.2, 0.25) is 5.02 Å². The van der Waals surface area contributed by atoms with E-state index in [0.717, 1.165) is 11.6 Å². The highest BCUT2D eigenvalue weighted by molar-refractivity contribution is 6.30. The zero-order chi connectivity index (χ0) is 15.1. The Morgan fingerprint density at radius 3 is 2.33 bits per heavy atom. The van der Waals surface area contributed by atoms with Crippen LogP contribution in [-0.2, 0) is 6.42 Å². The largest absolute Gasteiger partial charge is 0.315 e. The van der Waals surface area contributed by atoms with Crippen LogP contribution in [0.3, 0.4) is 0 Å². The minimum Gasteiger partial charge on any atom is -0.315 e. The summed E-state index contributed by atoms with van der Waals surface area (Å²) in [7, 11) is 0. The quantitative estimate of drug-likeness (QED) is 0.690. The third-order valence-corrected chi connectivity index (χ3v) is 5.23. The van der Waals surface area contributed by atoms with Crippen molar-refractivity contribution in [2.45, 2.75) is 71.3 Å². The molecule has 0 heterocycles. The third-order valence-electron chi connectivity index (χ3n) is 4.98. The van der Waals surface area contributed by atoms with Gasteiger partial charge in [-0.2, -0.15) is 0 Å². The smallest absolute Gasteiger partial charge is 0.0406 e. The Kier molecular flexibility index (Phi) is 6.57. The molecule has 0 bridgehead atoms. The first-order chi connectivity index (χ1) is 10.1. The van der Waals surface area contributed by atoms with E-state index >= 15 is 0 Å². The molecule has 0 amide bonds. The molecule has 0 aromatic heterocycles. The van der Waals surface area contributed by atoms with E-state index < -0.39 is 0 Å². The van der Waals surface area contributed by atoms with Crippen LogP contribution in [0.5, 0.6) is 0 Å². The van der Waals surface area contributed by atoms with Gasteiger partial charge in [0.05, 0.1) is 0 Å². The Morgan fingerprint density at radius 2 is 1.71 bits per heavy atom. The topological polar surface area (TPSA) is 12.0 Å². The average molecular weight is 308 g/mol. The summed E-state index contributed by atoms with van der Waals surface area (Å²) in [5.74, 6) is 0. The molecule has 118 valence electrons. The van der Waals surface area contributed by atoms with Crippen LogP contribution in [0.4, 0.5) is 0 Å². The molecule has 2 rings (SSSR count). The highest BCUT2D eigenvalue weighted by Crippen LogP contribution is 2.42. The first-order valence-corrected chi connectivity index (χ1v) is 8.95. The molecule has 0 spiro atoms. The summed E-state index contributed by atoms with van der Waals surface area (Å²) in [5, 5.41) is 4.45. The first kappa shape index (κ1) is 16.8. The molecule has 1 aliphatic rings. The van der Waals surface area contributed by atoms with Gasteiger partial charge >= 0.3 is 0 Å². The maximum Gasteiger partial charge on any atom is 0.0406 e. The molecule has 0 saturated heterocycles. The maximum absolute atomic E-state index is 5.98. The lowest BCUT2D eigenvalue weighted by Crippen LogP contribution is -2.32. The Hall–Kier alpha value is -0.530. The predicted octanol–water partition coefficient (Wildman–Crippen LogP) is 5.61. The van der Waals surface area contributed by atoms with Gasteiger partial charge in [-0.3, -0.25) is 0 Å². The molecular weight excluding hydrogens is 278 g/mol. The Balaban J connectivity index is 1.90. The van der Waals surface area contributed by atoms with Gasteiger partial charge in [0.25, 0.3) is 0 Å². The van der Waals surface area contributed by atoms with Crippen LogP contribution in [-0.4, -0.2) is 12.6 Å². The molecule has 0 radical (unpaired) electrons. The Morgan fingerprint density at radius 1 is 1.05 bits per heavy atom. The van der Waals surface area contributed by atoms with Crippen LogP contribution < -0.4 is 5.32 Å². The van der Waals surface area contributed by atoms with E-state index in [1.807, 2.05) is 12.1 Å². The van der Waals surface area contributed by atoms with Gasteiger partial charge in [0.15, 0.2) is 0 Å². The fraction of sp³-hybridized carbons (Fsp3) is 0.684. The fourth-order valence-electron chi connectivity index (χ4n) is 3.61. The second kappa shape index (κ2) is 8.19. The molecule has 0 aliphatic heterocycles. The van der Waals surface area contributed by atoms with Crippen molar-refractivity contribution in [3.63, 3.8) is 0 Å². The zero-order valence-electron chi connectivity index (χ0n) is 13.6. The second-order valence-corrected chi connectivity index (χ2v) is 7.48. The molecule has 21 heavy (non-hydrogen) atoms. The van der Waals surface area contributed by atoms with Crippen molar-refractivity contribution >= 4 is 11.6 Å². The van der Waals surface area contributed by atoms with Crippen LogP contribution in [0.15, 0.2) is 24.3 Å². The van der Waals surface area contributed by atoms with Crippen LogP contribution in [0.1, 0.15) is 64.4 Å². The number of aryl methyl sites for hydroxylation is 1. The van der Waals surface area contributed by atoms with Crippen molar-refractivity contribution in [3.05, 3.63) is 34.9 Å². The summed E-state index contributed by atoms with van der Waals surface area (Å²) in [6.45, 7) is 5.64. The Bertz CT molecular complexity index is 404. The molecule has 1 nitrogen and oxygen atoms in total. The van der Waals surface area contributed by atoms with Gasteiger partial charge in [0.2, 0.25) is 0 Å². The molecule has 1 N–H and O–H groups in total. The Labute approximate surface area is 135 Å². The van der Waals surface area contributed by atoms with E-state index in [0.29, 0.717) is 11.5 Å². The molecular formula is C19H30ClN.